The fourth-order valence-electron chi connectivity index (χ4n) is 2.88. The fraction of sp³-hybridized carbons (Fsp3) is 0.500. The summed E-state index contributed by atoms with van der Waals surface area (Å²) in [5, 5.41) is 9.61. The highest BCUT2D eigenvalue weighted by Gasteiger charge is 2.43. The van der Waals surface area contributed by atoms with Gasteiger partial charge >= 0.3 is 5.97 Å². The highest BCUT2D eigenvalue weighted by atomic mass is 79.9. The van der Waals surface area contributed by atoms with Crippen LogP contribution in [0.4, 0.5) is 0 Å². The Balaban J connectivity index is 2.56. The average Bonchev–Trinajstić information content (AvgIpc) is 2.79. The first-order chi connectivity index (χ1) is 8.10. The first-order valence-electron chi connectivity index (χ1n) is 6.12. The van der Waals surface area contributed by atoms with Gasteiger partial charge < -0.3 is 5.11 Å². The fourth-order valence-corrected chi connectivity index (χ4v) is 3.24. The highest BCUT2D eigenvalue weighted by Crippen LogP contribution is 2.43. The molecule has 0 atom stereocenters. The van der Waals surface area contributed by atoms with Gasteiger partial charge in [0.15, 0.2) is 0 Å². The SMILES string of the molecule is CCc1ccc(Br)cc1C1(C(=O)O)CCCC1. The molecule has 92 valence electrons. The standard InChI is InChI=1S/C14H17BrO2/c1-2-10-5-6-11(15)9-12(10)14(13(16)17)7-3-4-8-14/h5-6,9H,2-4,7-8H2,1H3,(H,16,17). The molecule has 0 bridgehead atoms. The van der Waals surface area contributed by atoms with Crippen LogP contribution in [0.15, 0.2) is 22.7 Å². The molecule has 17 heavy (non-hydrogen) atoms. The van der Waals surface area contributed by atoms with Crippen molar-refractivity contribution in [1.82, 2.24) is 0 Å². The molecule has 1 aromatic carbocycles. The molecule has 0 heterocycles. The van der Waals surface area contributed by atoms with Crippen LogP contribution < -0.4 is 0 Å². The van der Waals surface area contributed by atoms with Crippen molar-refractivity contribution in [3.8, 4) is 0 Å². The molecule has 2 rings (SSSR count). The molecule has 0 spiro atoms. The molecule has 2 nitrogen and oxygen atoms in total. The van der Waals surface area contributed by atoms with E-state index in [1.165, 1.54) is 0 Å². The maximum atomic E-state index is 11.7. The number of carboxylic acids is 1. The third-order valence-electron chi connectivity index (χ3n) is 3.83. The molecule has 0 saturated heterocycles. The highest BCUT2D eigenvalue weighted by molar-refractivity contribution is 9.10. The summed E-state index contributed by atoms with van der Waals surface area (Å²) in [5.74, 6) is -0.664. The van der Waals surface area contributed by atoms with E-state index in [-0.39, 0.29) is 0 Å². The topological polar surface area (TPSA) is 37.3 Å². The van der Waals surface area contributed by atoms with Crippen molar-refractivity contribution in [2.24, 2.45) is 0 Å². The molecule has 1 aliphatic rings. The normalized spacial score (nSPS) is 18.2. The molecule has 1 aliphatic carbocycles. The van der Waals surface area contributed by atoms with Gasteiger partial charge in [0.25, 0.3) is 0 Å². The average molecular weight is 297 g/mol. The smallest absolute Gasteiger partial charge is 0.314 e. The van der Waals surface area contributed by atoms with Gasteiger partial charge in [-0.1, -0.05) is 41.8 Å². The molecule has 1 fully saturated rings. The lowest BCUT2D eigenvalue weighted by molar-refractivity contribution is -0.143. The maximum Gasteiger partial charge on any atom is 0.314 e. The summed E-state index contributed by atoms with van der Waals surface area (Å²) in [6.45, 7) is 2.08. The molecule has 1 N–H and O–H groups in total. The van der Waals surface area contributed by atoms with Crippen LogP contribution in [0.1, 0.15) is 43.7 Å². The second kappa shape index (κ2) is 4.81. The summed E-state index contributed by atoms with van der Waals surface area (Å²) >= 11 is 3.45. The Bertz CT molecular complexity index is 434. The molecule has 0 unspecified atom stereocenters. The van der Waals surface area contributed by atoms with Gasteiger partial charge in [0, 0.05) is 4.47 Å². The summed E-state index contributed by atoms with van der Waals surface area (Å²) in [4.78, 5) is 11.7. The van der Waals surface area contributed by atoms with Crippen molar-refractivity contribution in [2.45, 2.75) is 44.4 Å². The molecule has 0 amide bonds. The third-order valence-corrected chi connectivity index (χ3v) is 4.33. The summed E-state index contributed by atoms with van der Waals surface area (Å²) in [6, 6.07) is 6.04. The Morgan fingerprint density at radius 3 is 2.59 bits per heavy atom. The van der Waals surface area contributed by atoms with Crippen LogP contribution in [0.2, 0.25) is 0 Å². The summed E-state index contributed by atoms with van der Waals surface area (Å²) in [5.41, 5.74) is 1.53. The van der Waals surface area contributed by atoms with Crippen LogP contribution in [0.25, 0.3) is 0 Å². The summed E-state index contributed by atoms with van der Waals surface area (Å²) in [7, 11) is 0. The van der Waals surface area contributed by atoms with Crippen LogP contribution >= 0.6 is 15.9 Å². The third kappa shape index (κ3) is 2.13. The lowest BCUT2D eigenvalue weighted by Crippen LogP contribution is -2.33. The zero-order valence-electron chi connectivity index (χ0n) is 10.0. The Morgan fingerprint density at radius 1 is 1.41 bits per heavy atom. The van der Waals surface area contributed by atoms with Crippen LogP contribution in [-0.4, -0.2) is 11.1 Å². The molecule has 3 heteroatoms. The van der Waals surface area contributed by atoms with E-state index in [4.69, 9.17) is 0 Å². The van der Waals surface area contributed by atoms with Crippen molar-refractivity contribution >= 4 is 21.9 Å². The summed E-state index contributed by atoms with van der Waals surface area (Å²) in [6.07, 6.45) is 4.46. The van der Waals surface area contributed by atoms with Crippen molar-refractivity contribution < 1.29 is 9.90 Å². The molecule has 1 aromatic rings. The van der Waals surface area contributed by atoms with Gasteiger partial charge in [-0.3, -0.25) is 4.79 Å². The number of hydrogen-bond donors (Lipinski definition) is 1. The Labute approximate surface area is 110 Å². The minimum Gasteiger partial charge on any atom is -0.481 e. The molecular formula is C14H17BrO2. The van der Waals surface area contributed by atoms with Gasteiger partial charge in [-0.15, -0.1) is 0 Å². The predicted molar refractivity (Wildman–Crippen MR) is 71.3 cm³/mol. The van der Waals surface area contributed by atoms with Crippen molar-refractivity contribution in [3.05, 3.63) is 33.8 Å². The largest absolute Gasteiger partial charge is 0.481 e. The minimum atomic E-state index is -0.664. The Morgan fingerprint density at radius 2 is 2.06 bits per heavy atom. The van der Waals surface area contributed by atoms with Gasteiger partial charge in [-0.25, -0.2) is 0 Å². The van der Waals surface area contributed by atoms with Crippen LogP contribution in [-0.2, 0) is 16.6 Å². The number of hydrogen-bond acceptors (Lipinski definition) is 1. The summed E-state index contributed by atoms with van der Waals surface area (Å²) < 4.78 is 0.970. The van der Waals surface area contributed by atoms with E-state index >= 15 is 0 Å². The number of carboxylic acid groups (broad SMARTS) is 1. The van der Waals surface area contributed by atoms with E-state index in [2.05, 4.69) is 22.9 Å². The van der Waals surface area contributed by atoms with Crippen LogP contribution in [0.3, 0.4) is 0 Å². The van der Waals surface area contributed by atoms with Crippen LogP contribution in [0.5, 0.6) is 0 Å². The van der Waals surface area contributed by atoms with Gasteiger partial charge in [-0.05, 0) is 42.5 Å². The first-order valence-corrected chi connectivity index (χ1v) is 6.92. The van der Waals surface area contributed by atoms with E-state index in [0.717, 1.165) is 47.7 Å². The molecule has 0 aliphatic heterocycles. The van der Waals surface area contributed by atoms with Crippen LogP contribution in [0, 0.1) is 0 Å². The Hall–Kier alpha value is -0.830. The molecule has 1 saturated carbocycles. The lowest BCUT2D eigenvalue weighted by Gasteiger charge is -2.27. The lowest BCUT2D eigenvalue weighted by atomic mass is 9.76. The van der Waals surface area contributed by atoms with E-state index in [9.17, 15) is 9.90 Å². The molecular weight excluding hydrogens is 280 g/mol. The monoisotopic (exact) mass is 296 g/mol. The quantitative estimate of drug-likeness (QED) is 0.918. The molecule has 0 radical (unpaired) electrons. The van der Waals surface area contributed by atoms with Crippen molar-refractivity contribution in [1.29, 1.82) is 0 Å². The zero-order valence-corrected chi connectivity index (χ0v) is 11.6. The van der Waals surface area contributed by atoms with Crippen molar-refractivity contribution in [3.63, 3.8) is 0 Å². The van der Waals surface area contributed by atoms with Gasteiger partial charge in [0.1, 0.15) is 0 Å². The van der Waals surface area contributed by atoms with E-state index in [1.54, 1.807) is 0 Å². The first kappa shape index (κ1) is 12.6. The van der Waals surface area contributed by atoms with E-state index in [0.29, 0.717) is 0 Å². The van der Waals surface area contributed by atoms with Gasteiger partial charge in [0.05, 0.1) is 5.41 Å². The Kier molecular flexibility index (Phi) is 3.57. The van der Waals surface area contributed by atoms with Gasteiger partial charge in [0.2, 0.25) is 0 Å². The van der Waals surface area contributed by atoms with E-state index < -0.39 is 11.4 Å². The number of halogens is 1. The second-order valence-electron chi connectivity index (χ2n) is 4.75. The van der Waals surface area contributed by atoms with Crippen molar-refractivity contribution in [2.75, 3.05) is 0 Å². The van der Waals surface area contributed by atoms with E-state index in [1.807, 2.05) is 18.2 Å². The van der Waals surface area contributed by atoms with Gasteiger partial charge in [-0.2, -0.15) is 0 Å². The number of benzene rings is 1. The number of aryl methyl sites for hydroxylation is 1. The number of rotatable bonds is 3. The second-order valence-corrected chi connectivity index (χ2v) is 5.67. The predicted octanol–water partition coefficient (Wildman–Crippen LogP) is 3.91. The number of aliphatic carboxylic acids is 1. The minimum absolute atomic E-state index is 0.644. The zero-order chi connectivity index (χ0) is 12.5. The maximum absolute atomic E-state index is 11.7. The number of carbonyl (C=O) groups is 1. The molecule has 0 aromatic heterocycles.